The number of aromatic nitrogens is 1. The Morgan fingerprint density at radius 2 is 1.76 bits per heavy atom. The summed E-state index contributed by atoms with van der Waals surface area (Å²) >= 11 is 6.23. The highest BCUT2D eigenvalue weighted by Crippen LogP contribution is 2.35. The number of hydrogen-bond donors (Lipinski definition) is 1. The normalized spacial score (nSPS) is 15.8. The average Bonchev–Trinajstić information content (AvgIpc) is 3.28. The van der Waals surface area contributed by atoms with Crippen LogP contribution in [0.1, 0.15) is 24.0 Å². The van der Waals surface area contributed by atoms with E-state index in [0.717, 1.165) is 29.1 Å². The molecule has 0 bridgehead atoms. The van der Waals surface area contributed by atoms with Crippen LogP contribution in [0.4, 0.5) is 0 Å². The standard InChI is InChI=1S/C24H25ClN2O2/c25-21-5-3-4-20(17-21)24(10-14-29-15-11-24)18-26-23(28)16-19-6-8-22(9-7-19)27-12-1-2-13-27/h1-9,12-13,17H,10-11,14-16,18H2,(H,26,28). The molecule has 2 heterocycles. The first-order valence-electron chi connectivity index (χ1n) is 9.97. The molecule has 0 radical (unpaired) electrons. The van der Waals surface area contributed by atoms with E-state index in [1.165, 1.54) is 5.56 Å². The van der Waals surface area contributed by atoms with E-state index in [4.69, 9.17) is 16.3 Å². The first-order valence-corrected chi connectivity index (χ1v) is 10.4. The number of nitrogens with zero attached hydrogens (tertiary/aromatic N) is 1. The lowest BCUT2D eigenvalue weighted by atomic mass is 9.74. The summed E-state index contributed by atoms with van der Waals surface area (Å²) in [7, 11) is 0. The number of amides is 1. The van der Waals surface area contributed by atoms with Crippen LogP contribution in [0.25, 0.3) is 5.69 Å². The first-order chi connectivity index (χ1) is 14.1. The Morgan fingerprint density at radius 1 is 1.03 bits per heavy atom. The number of halogens is 1. The molecule has 3 aromatic rings. The molecule has 2 aromatic carbocycles. The summed E-state index contributed by atoms with van der Waals surface area (Å²) in [6, 6.07) is 20.1. The zero-order chi connectivity index (χ0) is 20.1. The molecule has 0 unspecified atom stereocenters. The number of benzene rings is 2. The van der Waals surface area contributed by atoms with Gasteiger partial charge in [0, 0.05) is 48.3 Å². The molecule has 0 saturated carbocycles. The fraction of sp³-hybridized carbons (Fsp3) is 0.292. The van der Waals surface area contributed by atoms with Crippen molar-refractivity contribution in [2.24, 2.45) is 0 Å². The van der Waals surface area contributed by atoms with Crippen molar-refractivity contribution in [3.05, 3.63) is 89.2 Å². The van der Waals surface area contributed by atoms with Crippen molar-refractivity contribution in [1.29, 1.82) is 0 Å². The van der Waals surface area contributed by atoms with Crippen molar-refractivity contribution in [3.8, 4) is 5.69 Å². The molecule has 29 heavy (non-hydrogen) atoms. The van der Waals surface area contributed by atoms with Gasteiger partial charge in [0.1, 0.15) is 0 Å². The third-order valence-electron chi connectivity index (χ3n) is 5.71. The largest absolute Gasteiger partial charge is 0.381 e. The van der Waals surface area contributed by atoms with E-state index >= 15 is 0 Å². The monoisotopic (exact) mass is 408 g/mol. The van der Waals surface area contributed by atoms with Gasteiger partial charge in [-0.15, -0.1) is 0 Å². The molecule has 1 aliphatic heterocycles. The van der Waals surface area contributed by atoms with Crippen LogP contribution < -0.4 is 5.32 Å². The molecule has 1 fully saturated rings. The molecule has 1 N–H and O–H groups in total. The minimum Gasteiger partial charge on any atom is -0.381 e. The molecule has 1 amide bonds. The Hall–Kier alpha value is -2.56. The quantitative estimate of drug-likeness (QED) is 0.650. The molecular formula is C24H25ClN2O2. The Kier molecular flexibility index (Phi) is 6.02. The van der Waals surface area contributed by atoms with Gasteiger partial charge in [-0.1, -0.05) is 35.9 Å². The van der Waals surface area contributed by atoms with Gasteiger partial charge >= 0.3 is 0 Å². The van der Waals surface area contributed by atoms with Crippen molar-refractivity contribution in [1.82, 2.24) is 9.88 Å². The van der Waals surface area contributed by atoms with Gasteiger partial charge in [0.15, 0.2) is 0 Å². The van der Waals surface area contributed by atoms with Crippen LogP contribution in [0.3, 0.4) is 0 Å². The smallest absolute Gasteiger partial charge is 0.224 e. The summed E-state index contributed by atoms with van der Waals surface area (Å²) < 4.78 is 7.62. The zero-order valence-electron chi connectivity index (χ0n) is 16.3. The summed E-state index contributed by atoms with van der Waals surface area (Å²) in [5.74, 6) is 0.0339. The highest BCUT2D eigenvalue weighted by atomic mass is 35.5. The van der Waals surface area contributed by atoms with Crippen LogP contribution in [-0.2, 0) is 21.4 Å². The maximum absolute atomic E-state index is 12.6. The van der Waals surface area contributed by atoms with Crippen molar-refractivity contribution in [2.75, 3.05) is 19.8 Å². The minimum absolute atomic E-state index is 0.0339. The number of nitrogens with one attached hydrogen (secondary N) is 1. The fourth-order valence-electron chi connectivity index (χ4n) is 3.96. The summed E-state index contributed by atoms with van der Waals surface area (Å²) in [6.07, 6.45) is 6.13. The lowest BCUT2D eigenvalue weighted by Crippen LogP contribution is -2.45. The molecule has 5 heteroatoms. The summed E-state index contributed by atoms with van der Waals surface area (Å²) in [5, 5.41) is 3.88. The van der Waals surface area contributed by atoms with E-state index in [0.29, 0.717) is 26.2 Å². The van der Waals surface area contributed by atoms with E-state index in [1.54, 1.807) is 0 Å². The van der Waals surface area contributed by atoms with Gasteiger partial charge in [0.2, 0.25) is 5.91 Å². The van der Waals surface area contributed by atoms with Gasteiger partial charge in [-0.25, -0.2) is 0 Å². The van der Waals surface area contributed by atoms with Crippen LogP contribution in [0.2, 0.25) is 5.02 Å². The number of ether oxygens (including phenoxy) is 1. The molecule has 1 aromatic heterocycles. The Morgan fingerprint density at radius 3 is 2.45 bits per heavy atom. The van der Waals surface area contributed by atoms with Crippen molar-refractivity contribution >= 4 is 17.5 Å². The summed E-state index contributed by atoms with van der Waals surface area (Å²) in [5.41, 5.74) is 3.13. The molecule has 4 nitrogen and oxygen atoms in total. The van der Waals surface area contributed by atoms with Crippen LogP contribution in [0, 0.1) is 0 Å². The first kappa shape index (κ1) is 19.7. The maximum atomic E-state index is 12.6. The van der Waals surface area contributed by atoms with Crippen LogP contribution in [0.15, 0.2) is 73.1 Å². The second kappa shape index (κ2) is 8.85. The van der Waals surface area contributed by atoms with Gasteiger partial charge < -0.3 is 14.6 Å². The molecule has 1 saturated heterocycles. The summed E-state index contributed by atoms with van der Waals surface area (Å²) in [6.45, 7) is 1.99. The second-order valence-corrected chi connectivity index (χ2v) is 8.05. The van der Waals surface area contributed by atoms with Crippen LogP contribution in [-0.4, -0.2) is 30.2 Å². The molecular weight excluding hydrogens is 384 g/mol. The van der Waals surface area contributed by atoms with Crippen LogP contribution >= 0.6 is 11.6 Å². The van der Waals surface area contributed by atoms with E-state index in [1.807, 2.05) is 71.6 Å². The van der Waals surface area contributed by atoms with Gasteiger partial charge in [-0.05, 0) is 60.4 Å². The Labute approximate surface area is 176 Å². The molecule has 0 aliphatic carbocycles. The lowest BCUT2D eigenvalue weighted by molar-refractivity contribution is -0.120. The zero-order valence-corrected chi connectivity index (χ0v) is 17.1. The predicted octanol–water partition coefficient (Wildman–Crippen LogP) is 4.54. The lowest BCUT2D eigenvalue weighted by Gasteiger charge is -2.38. The highest BCUT2D eigenvalue weighted by molar-refractivity contribution is 6.30. The predicted molar refractivity (Wildman–Crippen MR) is 116 cm³/mol. The van der Waals surface area contributed by atoms with Crippen molar-refractivity contribution < 1.29 is 9.53 Å². The third-order valence-corrected chi connectivity index (χ3v) is 5.95. The number of rotatable bonds is 6. The molecule has 4 rings (SSSR count). The highest BCUT2D eigenvalue weighted by Gasteiger charge is 2.35. The molecule has 0 atom stereocenters. The third kappa shape index (κ3) is 4.72. The molecule has 1 aliphatic rings. The molecule has 150 valence electrons. The van der Waals surface area contributed by atoms with Gasteiger partial charge in [-0.2, -0.15) is 0 Å². The fourth-order valence-corrected chi connectivity index (χ4v) is 4.15. The number of carbonyl (C=O) groups is 1. The number of carbonyl (C=O) groups excluding carboxylic acids is 1. The van der Waals surface area contributed by atoms with Gasteiger partial charge in [-0.3, -0.25) is 4.79 Å². The van der Waals surface area contributed by atoms with Crippen LogP contribution in [0.5, 0.6) is 0 Å². The minimum atomic E-state index is -0.128. The Balaban J connectivity index is 1.40. The average molecular weight is 409 g/mol. The SMILES string of the molecule is O=C(Cc1ccc(-n2cccc2)cc1)NCC1(c2cccc(Cl)c2)CCOCC1. The summed E-state index contributed by atoms with van der Waals surface area (Å²) in [4.78, 5) is 12.6. The van der Waals surface area contributed by atoms with E-state index in [2.05, 4.69) is 11.4 Å². The van der Waals surface area contributed by atoms with E-state index < -0.39 is 0 Å². The van der Waals surface area contributed by atoms with Gasteiger partial charge in [0.05, 0.1) is 6.42 Å². The van der Waals surface area contributed by atoms with E-state index in [-0.39, 0.29) is 11.3 Å². The topological polar surface area (TPSA) is 43.3 Å². The molecule has 0 spiro atoms. The van der Waals surface area contributed by atoms with Crippen molar-refractivity contribution in [3.63, 3.8) is 0 Å². The maximum Gasteiger partial charge on any atom is 0.224 e. The number of hydrogen-bond acceptors (Lipinski definition) is 2. The van der Waals surface area contributed by atoms with Crippen molar-refractivity contribution in [2.45, 2.75) is 24.7 Å². The second-order valence-electron chi connectivity index (χ2n) is 7.61. The Bertz CT molecular complexity index is 945. The van der Waals surface area contributed by atoms with E-state index in [9.17, 15) is 4.79 Å². The van der Waals surface area contributed by atoms with Gasteiger partial charge in [0.25, 0.3) is 0 Å².